The molecule has 3 aliphatic carbocycles. The molecule has 0 spiro atoms. The lowest BCUT2D eigenvalue weighted by molar-refractivity contribution is -0.148. The Morgan fingerprint density at radius 2 is 1.82 bits per heavy atom. The van der Waals surface area contributed by atoms with E-state index in [1.165, 1.54) is 11.8 Å². The Morgan fingerprint density at radius 3 is 2.38 bits per heavy atom. The van der Waals surface area contributed by atoms with E-state index in [0.29, 0.717) is 24.2 Å². The van der Waals surface area contributed by atoms with Gasteiger partial charge in [0.05, 0.1) is 11.6 Å². The van der Waals surface area contributed by atoms with Crippen molar-refractivity contribution in [1.82, 2.24) is 4.90 Å². The maximum atomic E-state index is 14.1. The van der Waals surface area contributed by atoms with Crippen molar-refractivity contribution in [2.45, 2.75) is 70.3 Å². The number of carbonyl (C=O) groups is 3. The molecule has 9 nitrogen and oxygen atoms in total. The van der Waals surface area contributed by atoms with E-state index in [2.05, 4.69) is 20.8 Å². The van der Waals surface area contributed by atoms with Gasteiger partial charge in [-0.1, -0.05) is 26.8 Å². The number of primary amides is 1. The maximum absolute atomic E-state index is 14.1. The Bertz CT molecular complexity index is 1340. The number of aliphatic hydroxyl groups is 3. The van der Waals surface area contributed by atoms with Crippen LogP contribution in [-0.4, -0.2) is 74.8 Å². The summed E-state index contributed by atoms with van der Waals surface area (Å²) in [5, 5.41) is 45.4. The molecule has 1 aromatic rings. The first-order valence-electron chi connectivity index (χ1n) is 13.6. The number of carbonyl (C=O) groups excluding carboxylic acids is 3. The molecule has 0 saturated heterocycles. The molecule has 40 heavy (non-hydrogen) atoms. The Kier molecular flexibility index (Phi) is 7.94. The second-order valence-corrected chi connectivity index (χ2v) is 13.6. The number of aromatic hydroxyl groups is 1. The fourth-order valence-corrected chi connectivity index (χ4v) is 7.29. The number of fused-ring (bicyclic) bond motifs is 3. The van der Waals surface area contributed by atoms with Gasteiger partial charge in [-0.3, -0.25) is 19.3 Å². The molecular weight excluding hydrogens is 532 g/mol. The third kappa shape index (κ3) is 4.73. The minimum Gasteiger partial charge on any atom is -0.510 e. The van der Waals surface area contributed by atoms with Crippen molar-refractivity contribution in [3.8, 4) is 5.75 Å². The first-order chi connectivity index (χ1) is 18.6. The van der Waals surface area contributed by atoms with Crippen molar-refractivity contribution in [2.75, 3.05) is 20.4 Å². The van der Waals surface area contributed by atoms with Gasteiger partial charge in [-0.2, -0.15) is 11.8 Å². The quantitative estimate of drug-likeness (QED) is 0.309. The summed E-state index contributed by atoms with van der Waals surface area (Å²) in [6.45, 7) is 6.52. The number of thioether (sulfide) groups is 1. The number of nitrogens with zero attached hydrogens (tertiary/aromatic N) is 1. The third-order valence-corrected chi connectivity index (χ3v) is 9.17. The number of Topliss-reactive ketones (excluding diaryl/α,β-unsaturated/α-hetero) is 2. The zero-order chi connectivity index (χ0) is 29.9. The lowest BCUT2D eigenvalue weighted by Gasteiger charge is -2.50. The number of nitrogens with two attached hydrogens (primary N) is 1. The summed E-state index contributed by atoms with van der Waals surface area (Å²) in [6.07, 6.45) is 4.87. The largest absolute Gasteiger partial charge is 0.510 e. The van der Waals surface area contributed by atoms with E-state index in [1.807, 2.05) is 12.3 Å². The summed E-state index contributed by atoms with van der Waals surface area (Å²) in [5.74, 6) is -5.79. The molecule has 0 aromatic heterocycles. The molecule has 4 rings (SSSR count). The predicted octanol–water partition coefficient (Wildman–Crippen LogP) is 3.35. The molecule has 6 N–H and O–H groups in total. The summed E-state index contributed by atoms with van der Waals surface area (Å²) >= 11 is 1.51. The van der Waals surface area contributed by atoms with Gasteiger partial charge in [-0.05, 0) is 74.9 Å². The molecule has 10 heteroatoms. The van der Waals surface area contributed by atoms with Gasteiger partial charge in [-0.15, -0.1) is 0 Å². The molecular formula is C30H40N2O7S. The van der Waals surface area contributed by atoms with Crippen LogP contribution in [0.3, 0.4) is 0 Å². The van der Waals surface area contributed by atoms with E-state index in [4.69, 9.17) is 5.73 Å². The van der Waals surface area contributed by atoms with E-state index in [0.717, 1.165) is 24.0 Å². The van der Waals surface area contributed by atoms with Crippen molar-refractivity contribution in [3.05, 3.63) is 51.0 Å². The van der Waals surface area contributed by atoms with Crippen LogP contribution in [0.4, 0.5) is 0 Å². The molecule has 0 aliphatic heterocycles. The number of allylic oxidation sites excluding steroid dienone is 1. The van der Waals surface area contributed by atoms with Gasteiger partial charge in [0.25, 0.3) is 5.91 Å². The number of aliphatic hydroxyl groups excluding tert-OH is 2. The van der Waals surface area contributed by atoms with Crippen LogP contribution in [0.25, 0.3) is 0 Å². The zero-order valence-electron chi connectivity index (χ0n) is 24.0. The number of benzene rings is 1. The van der Waals surface area contributed by atoms with Gasteiger partial charge in [0.15, 0.2) is 11.4 Å². The van der Waals surface area contributed by atoms with Gasteiger partial charge in [0.2, 0.25) is 5.78 Å². The Labute approximate surface area is 239 Å². The van der Waals surface area contributed by atoms with Crippen LogP contribution < -0.4 is 5.73 Å². The average Bonchev–Trinajstić information content (AvgIpc) is 2.83. The molecule has 0 radical (unpaired) electrons. The molecule has 1 aromatic carbocycles. The summed E-state index contributed by atoms with van der Waals surface area (Å²) < 4.78 is 0. The molecule has 218 valence electrons. The normalized spacial score (nSPS) is 26.6. The highest BCUT2D eigenvalue weighted by molar-refractivity contribution is 7.97. The Hall–Kier alpha value is -2.82. The molecule has 1 unspecified atom stereocenters. The minimum atomic E-state index is -2.63. The summed E-state index contributed by atoms with van der Waals surface area (Å²) in [6, 6.07) is 0.962. The molecule has 0 saturated carbocycles. The first kappa shape index (κ1) is 30.1. The standard InChI is InChI=1S/C30H40N2O7S/c1-29(2,3)9-7-8-14-10-16(13-40-6)23(33)20-17(14)11-15-12-18-22(32(4)5)25(35)21(28(31)38)27(37)30(18,39)26(36)19(15)24(20)34/h10,15,18,22,33,35-36,39H,7-9,11-13H2,1-6H3,(H2,31,38)/t15-,18-,22?,30-/m0/s1. The highest BCUT2D eigenvalue weighted by Crippen LogP contribution is 2.53. The fourth-order valence-electron chi connectivity index (χ4n) is 6.76. The van der Waals surface area contributed by atoms with E-state index in [9.17, 15) is 34.8 Å². The second kappa shape index (κ2) is 10.5. The third-order valence-electron chi connectivity index (χ3n) is 8.57. The molecule has 1 amide bonds. The highest BCUT2D eigenvalue weighted by atomic mass is 32.2. The number of amides is 1. The zero-order valence-corrected chi connectivity index (χ0v) is 24.8. The number of hydrogen-bond acceptors (Lipinski definition) is 9. The monoisotopic (exact) mass is 572 g/mol. The average molecular weight is 573 g/mol. The van der Waals surface area contributed by atoms with Crippen LogP contribution >= 0.6 is 11.8 Å². The first-order valence-corrected chi connectivity index (χ1v) is 15.0. The number of aryl methyl sites for hydroxylation is 1. The van der Waals surface area contributed by atoms with Crippen LogP contribution in [0, 0.1) is 17.3 Å². The van der Waals surface area contributed by atoms with Crippen molar-refractivity contribution in [2.24, 2.45) is 23.0 Å². The number of ketones is 2. The van der Waals surface area contributed by atoms with E-state index in [1.54, 1.807) is 19.0 Å². The van der Waals surface area contributed by atoms with Gasteiger partial charge in [0, 0.05) is 22.8 Å². The summed E-state index contributed by atoms with van der Waals surface area (Å²) in [4.78, 5) is 41.2. The molecule has 3 aliphatic rings. The second-order valence-electron chi connectivity index (χ2n) is 12.7. The number of phenols is 1. The number of hydrogen-bond donors (Lipinski definition) is 5. The Morgan fingerprint density at radius 1 is 1.18 bits per heavy atom. The maximum Gasteiger partial charge on any atom is 0.255 e. The van der Waals surface area contributed by atoms with Gasteiger partial charge < -0.3 is 26.2 Å². The number of phenolic OH excluding ortho intramolecular Hbond substituents is 1. The van der Waals surface area contributed by atoms with Gasteiger partial charge in [-0.25, -0.2) is 0 Å². The van der Waals surface area contributed by atoms with Crippen LogP contribution in [0.5, 0.6) is 5.75 Å². The van der Waals surface area contributed by atoms with Crippen molar-refractivity contribution < 1.29 is 34.8 Å². The lowest BCUT2D eigenvalue weighted by atomic mass is 9.58. The lowest BCUT2D eigenvalue weighted by Crippen LogP contribution is -2.63. The SMILES string of the molecule is CSCc1cc(CCCC(C)(C)C)c2c(c1O)C(=O)C1=C(O)[C@]3(O)C(=O)C(C(N)=O)=C(O)C(N(C)C)[C@@H]3C[C@@H]1C2. The van der Waals surface area contributed by atoms with Crippen LogP contribution in [0.2, 0.25) is 0 Å². The highest BCUT2D eigenvalue weighted by Gasteiger charge is 2.63. The van der Waals surface area contributed by atoms with Crippen molar-refractivity contribution in [1.29, 1.82) is 0 Å². The summed E-state index contributed by atoms with van der Waals surface area (Å²) in [7, 11) is 3.23. The van der Waals surface area contributed by atoms with E-state index < -0.39 is 58.0 Å². The van der Waals surface area contributed by atoms with Crippen LogP contribution in [-0.2, 0) is 28.2 Å². The molecule has 0 fully saturated rings. The predicted molar refractivity (Wildman–Crippen MR) is 153 cm³/mol. The van der Waals surface area contributed by atoms with Crippen LogP contribution in [0.15, 0.2) is 28.7 Å². The van der Waals surface area contributed by atoms with E-state index in [-0.39, 0.29) is 28.7 Å². The van der Waals surface area contributed by atoms with Crippen molar-refractivity contribution in [3.63, 3.8) is 0 Å². The summed E-state index contributed by atoms with van der Waals surface area (Å²) in [5.41, 5.74) is 4.37. The topological polar surface area (TPSA) is 161 Å². The van der Waals surface area contributed by atoms with Crippen molar-refractivity contribution >= 4 is 29.2 Å². The molecule has 4 atom stereocenters. The van der Waals surface area contributed by atoms with Gasteiger partial charge >= 0.3 is 0 Å². The number of likely N-dealkylation sites (N-methyl/N-ethyl adjacent to an activating group) is 1. The molecule has 0 bridgehead atoms. The smallest absolute Gasteiger partial charge is 0.255 e. The molecule has 0 heterocycles. The fraction of sp³-hybridized carbons (Fsp3) is 0.567. The minimum absolute atomic E-state index is 0.0838. The van der Waals surface area contributed by atoms with Gasteiger partial charge in [0.1, 0.15) is 22.8 Å². The Balaban J connectivity index is 1.90. The van der Waals surface area contributed by atoms with Crippen LogP contribution in [0.1, 0.15) is 67.1 Å². The van der Waals surface area contributed by atoms with E-state index >= 15 is 0 Å². The number of rotatable bonds is 7.